The maximum Gasteiger partial charge on any atom is 0.233 e. The molecular formula is C18H22N4OS2. The van der Waals surface area contributed by atoms with Crippen LogP contribution in [-0.4, -0.2) is 37.9 Å². The van der Waals surface area contributed by atoms with Gasteiger partial charge < -0.3 is 9.47 Å². The van der Waals surface area contributed by atoms with Gasteiger partial charge in [-0.05, 0) is 37.1 Å². The number of carbonyl (C=O) groups excluding carboxylic acids is 1. The molecule has 1 saturated carbocycles. The highest BCUT2D eigenvalue weighted by Gasteiger charge is 2.32. The second kappa shape index (κ2) is 7.33. The first-order chi connectivity index (χ1) is 12.3. The number of hydrogen-bond donors (Lipinski definition) is 0. The van der Waals surface area contributed by atoms with Gasteiger partial charge in [-0.25, -0.2) is 0 Å². The average molecular weight is 375 g/mol. The first-order valence-electron chi connectivity index (χ1n) is 8.77. The number of aromatic nitrogens is 3. The molecule has 4 rings (SSSR count). The van der Waals surface area contributed by atoms with Gasteiger partial charge in [0, 0.05) is 23.9 Å². The molecule has 1 aliphatic carbocycles. The van der Waals surface area contributed by atoms with Gasteiger partial charge in [0.2, 0.25) is 5.91 Å². The predicted molar refractivity (Wildman–Crippen MR) is 101 cm³/mol. The van der Waals surface area contributed by atoms with Crippen LogP contribution in [0, 0.1) is 0 Å². The molecule has 2 fully saturated rings. The fourth-order valence-electron chi connectivity index (χ4n) is 3.40. The summed E-state index contributed by atoms with van der Waals surface area (Å²) in [4.78, 5) is 16.1. The molecule has 3 heterocycles. The molecule has 0 aromatic carbocycles. The van der Waals surface area contributed by atoms with E-state index in [1.807, 2.05) is 11.0 Å². The highest BCUT2D eigenvalue weighted by atomic mass is 32.2. The van der Waals surface area contributed by atoms with Crippen LogP contribution in [0.2, 0.25) is 0 Å². The van der Waals surface area contributed by atoms with E-state index in [0.29, 0.717) is 18.2 Å². The van der Waals surface area contributed by atoms with E-state index in [9.17, 15) is 4.79 Å². The third-order valence-electron chi connectivity index (χ3n) is 4.77. The topological polar surface area (TPSA) is 51.0 Å². The monoisotopic (exact) mass is 374 g/mol. The molecule has 5 nitrogen and oxygen atoms in total. The van der Waals surface area contributed by atoms with Gasteiger partial charge in [0.25, 0.3) is 0 Å². The maximum atomic E-state index is 12.8. The zero-order valence-electron chi connectivity index (χ0n) is 14.1. The summed E-state index contributed by atoms with van der Waals surface area (Å²) >= 11 is 3.24. The average Bonchev–Trinajstić information content (AvgIpc) is 3.06. The summed E-state index contributed by atoms with van der Waals surface area (Å²) in [5.74, 6) is 2.20. The Morgan fingerprint density at radius 3 is 3.00 bits per heavy atom. The van der Waals surface area contributed by atoms with Crippen LogP contribution in [0.1, 0.15) is 48.3 Å². The van der Waals surface area contributed by atoms with Crippen molar-refractivity contribution in [2.45, 2.75) is 49.3 Å². The van der Waals surface area contributed by atoms with Crippen LogP contribution in [0.5, 0.6) is 0 Å². The molecule has 0 bridgehead atoms. The Kier molecular flexibility index (Phi) is 4.94. The van der Waals surface area contributed by atoms with E-state index < -0.39 is 0 Å². The van der Waals surface area contributed by atoms with Crippen LogP contribution in [0.25, 0.3) is 0 Å². The van der Waals surface area contributed by atoms with Crippen LogP contribution in [0.15, 0.2) is 35.3 Å². The number of thioether (sulfide) groups is 1. The molecule has 2 aromatic rings. The highest BCUT2D eigenvalue weighted by Crippen LogP contribution is 2.40. The third-order valence-corrected chi connectivity index (χ3v) is 6.69. The van der Waals surface area contributed by atoms with E-state index in [4.69, 9.17) is 0 Å². The molecular weight excluding hydrogens is 352 g/mol. The van der Waals surface area contributed by atoms with Gasteiger partial charge in [-0.1, -0.05) is 23.9 Å². The van der Waals surface area contributed by atoms with Crippen molar-refractivity contribution in [1.29, 1.82) is 0 Å². The normalized spacial score (nSPS) is 20.2. The molecule has 1 amide bonds. The lowest BCUT2D eigenvalue weighted by molar-refractivity contribution is -0.129. The molecule has 25 heavy (non-hydrogen) atoms. The Morgan fingerprint density at radius 1 is 1.40 bits per heavy atom. The first-order valence-corrected chi connectivity index (χ1v) is 10.6. The standard InChI is InChI=1S/C18H22N4OS2/c1-2-9-22-17(13-7-8-13)19-20-18(22)25-12-16(23)21-10-3-5-14(21)15-6-4-11-24-15/h2,4,6,11,13-14H,1,3,5,7-10,12H2/t14-/m0/s1. The van der Waals surface area contributed by atoms with Gasteiger partial charge >= 0.3 is 0 Å². The number of amides is 1. The molecule has 1 aliphatic heterocycles. The molecule has 0 N–H and O–H groups in total. The summed E-state index contributed by atoms with van der Waals surface area (Å²) < 4.78 is 2.11. The molecule has 0 spiro atoms. The molecule has 0 radical (unpaired) electrons. The Hall–Kier alpha value is -1.60. The molecule has 2 aliphatic rings. The van der Waals surface area contributed by atoms with E-state index in [0.717, 1.165) is 30.4 Å². The van der Waals surface area contributed by atoms with Gasteiger partial charge in [-0.3, -0.25) is 4.79 Å². The van der Waals surface area contributed by atoms with Crippen LogP contribution >= 0.6 is 23.1 Å². The summed E-state index contributed by atoms with van der Waals surface area (Å²) in [7, 11) is 0. The molecule has 2 aromatic heterocycles. The van der Waals surface area contributed by atoms with Crippen molar-refractivity contribution in [1.82, 2.24) is 19.7 Å². The Balaban J connectivity index is 1.42. The SMILES string of the molecule is C=CCn1c(SCC(=O)N2CCC[C@H]2c2cccs2)nnc1C1CC1. The Labute approximate surface area is 156 Å². The minimum absolute atomic E-state index is 0.196. The Bertz CT molecular complexity index is 751. The summed E-state index contributed by atoms with van der Waals surface area (Å²) in [5.41, 5.74) is 0. The molecule has 1 saturated heterocycles. The fraction of sp³-hybridized carbons (Fsp3) is 0.500. The van der Waals surface area contributed by atoms with Crippen LogP contribution in [-0.2, 0) is 11.3 Å². The number of hydrogen-bond acceptors (Lipinski definition) is 5. The van der Waals surface area contributed by atoms with E-state index in [2.05, 4.69) is 38.9 Å². The second-order valence-corrected chi connectivity index (χ2v) is 8.49. The lowest BCUT2D eigenvalue weighted by Gasteiger charge is -2.23. The number of thiophene rings is 1. The molecule has 1 atom stereocenters. The third kappa shape index (κ3) is 3.53. The van der Waals surface area contributed by atoms with Gasteiger partial charge in [0.15, 0.2) is 5.16 Å². The zero-order chi connectivity index (χ0) is 17.2. The number of carbonyl (C=O) groups is 1. The summed E-state index contributed by atoms with van der Waals surface area (Å²) in [5, 5.41) is 11.6. The smallest absolute Gasteiger partial charge is 0.233 e. The molecule has 0 unspecified atom stereocenters. The van der Waals surface area contributed by atoms with E-state index in [1.165, 1.54) is 29.5 Å². The number of rotatable bonds is 7. The highest BCUT2D eigenvalue weighted by molar-refractivity contribution is 7.99. The largest absolute Gasteiger partial charge is 0.334 e. The van der Waals surface area contributed by atoms with Crippen molar-refractivity contribution in [3.63, 3.8) is 0 Å². The summed E-state index contributed by atoms with van der Waals surface area (Å²) in [6, 6.07) is 4.45. The number of allylic oxidation sites excluding steroid dienone is 1. The van der Waals surface area contributed by atoms with Gasteiger partial charge in [0.05, 0.1) is 11.8 Å². The quantitative estimate of drug-likeness (QED) is 0.545. The molecule has 7 heteroatoms. The van der Waals surface area contributed by atoms with Crippen molar-refractivity contribution < 1.29 is 4.79 Å². The Morgan fingerprint density at radius 2 is 2.28 bits per heavy atom. The van der Waals surface area contributed by atoms with Crippen molar-refractivity contribution in [3.8, 4) is 0 Å². The van der Waals surface area contributed by atoms with Crippen LogP contribution < -0.4 is 0 Å². The minimum atomic E-state index is 0.196. The van der Waals surface area contributed by atoms with Gasteiger partial charge in [-0.15, -0.1) is 28.1 Å². The zero-order valence-corrected chi connectivity index (χ0v) is 15.8. The van der Waals surface area contributed by atoms with Gasteiger partial charge in [0.1, 0.15) is 5.82 Å². The summed E-state index contributed by atoms with van der Waals surface area (Å²) in [6.07, 6.45) is 6.39. The number of nitrogens with zero attached hydrogens (tertiary/aromatic N) is 4. The first kappa shape index (κ1) is 16.8. The molecule has 132 valence electrons. The van der Waals surface area contributed by atoms with Gasteiger partial charge in [-0.2, -0.15) is 0 Å². The number of likely N-dealkylation sites (tertiary alicyclic amines) is 1. The van der Waals surface area contributed by atoms with Crippen molar-refractivity contribution >= 4 is 29.0 Å². The fourth-order valence-corrected chi connectivity index (χ4v) is 5.12. The van der Waals surface area contributed by atoms with Crippen molar-refractivity contribution in [3.05, 3.63) is 40.9 Å². The predicted octanol–water partition coefficient (Wildman–Crippen LogP) is 3.86. The van der Waals surface area contributed by atoms with Crippen LogP contribution in [0.3, 0.4) is 0 Å². The maximum absolute atomic E-state index is 12.8. The lowest BCUT2D eigenvalue weighted by atomic mass is 10.2. The van der Waals surface area contributed by atoms with Crippen molar-refractivity contribution in [2.24, 2.45) is 0 Å². The lowest BCUT2D eigenvalue weighted by Crippen LogP contribution is -2.31. The second-order valence-electron chi connectivity index (χ2n) is 6.56. The van der Waals surface area contributed by atoms with Crippen LogP contribution in [0.4, 0.5) is 0 Å². The van der Waals surface area contributed by atoms with E-state index in [1.54, 1.807) is 11.3 Å². The van der Waals surface area contributed by atoms with Crippen molar-refractivity contribution in [2.75, 3.05) is 12.3 Å². The van der Waals surface area contributed by atoms with E-state index in [-0.39, 0.29) is 11.9 Å². The summed E-state index contributed by atoms with van der Waals surface area (Å²) in [6.45, 7) is 5.40. The minimum Gasteiger partial charge on any atom is -0.334 e. The van der Waals surface area contributed by atoms with E-state index >= 15 is 0 Å².